The lowest BCUT2D eigenvalue weighted by molar-refractivity contribution is -0.116. The van der Waals surface area contributed by atoms with Crippen molar-refractivity contribution in [1.29, 1.82) is 0 Å². The molecule has 0 saturated heterocycles. The predicted octanol–water partition coefficient (Wildman–Crippen LogP) is 5.67. The number of thiazole rings is 1. The van der Waals surface area contributed by atoms with Crippen molar-refractivity contribution in [3.63, 3.8) is 0 Å². The Morgan fingerprint density at radius 1 is 1.14 bits per heavy atom. The first-order chi connectivity index (χ1) is 13.4. The highest BCUT2D eigenvalue weighted by Gasteiger charge is 2.12. The Labute approximate surface area is 168 Å². The number of aryl methyl sites for hydroxylation is 3. The molecule has 0 radical (unpaired) electrons. The third-order valence-electron chi connectivity index (χ3n) is 4.30. The van der Waals surface area contributed by atoms with Crippen LogP contribution in [0.1, 0.15) is 28.8 Å². The van der Waals surface area contributed by atoms with Gasteiger partial charge in [0.25, 0.3) is 0 Å². The number of nitrogens with one attached hydrogen (secondary N) is 1. The lowest BCUT2D eigenvalue weighted by atomic mass is 10.1. The highest BCUT2D eigenvalue weighted by Crippen LogP contribution is 2.30. The van der Waals surface area contributed by atoms with Crippen LogP contribution in [-0.2, 0) is 4.79 Å². The molecule has 146 valence electrons. The number of hydrogen-bond donors (Lipinski definition) is 1. The average Bonchev–Trinajstić information content (AvgIpc) is 3.01. The highest BCUT2D eigenvalue weighted by atomic mass is 32.1. The van der Waals surface area contributed by atoms with Crippen molar-refractivity contribution in [2.45, 2.75) is 33.6 Å². The van der Waals surface area contributed by atoms with Gasteiger partial charge >= 0.3 is 0 Å². The number of rotatable bonds is 7. The van der Waals surface area contributed by atoms with Gasteiger partial charge in [0.1, 0.15) is 11.6 Å². The number of nitrogens with zero attached hydrogens (tertiary/aromatic N) is 1. The van der Waals surface area contributed by atoms with Gasteiger partial charge in [0.05, 0.1) is 12.3 Å². The van der Waals surface area contributed by atoms with Gasteiger partial charge in [0.15, 0.2) is 5.13 Å². The second kappa shape index (κ2) is 8.97. The fraction of sp³-hybridized carbons (Fsp3) is 0.273. The SMILES string of the molecule is Cc1ccc(OCCCC(=O)Nc2nc(-c3ccc(F)cc3)c(C)s2)c(C)c1. The maximum atomic E-state index is 13.1. The third-order valence-corrected chi connectivity index (χ3v) is 5.18. The zero-order valence-electron chi connectivity index (χ0n) is 16.2. The molecule has 28 heavy (non-hydrogen) atoms. The normalized spacial score (nSPS) is 10.7. The van der Waals surface area contributed by atoms with Crippen LogP contribution in [0.3, 0.4) is 0 Å². The molecule has 0 saturated carbocycles. The summed E-state index contributed by atoms with van der Waals surface area (Å²) in [6, 6.07) is 12.2. The molecule has 0 fully saturated rings. The molecule has 3 rings (SSSR count). The van der Waals surface area contributed by atoms with Crippen LogP contribution >= 0.6 is 11.3 Å². The van der Waals surface area contributed by atoms with Crippen molar-refractivity contribution >= 4 is 22.4 Å². The van der Waals surface area contributed by atoms with Gasteiger partial charge < -0.3 is 10.1 Å². The van der Waals surface area contributed by atoms with E-state index in [1.54, 1.807) is 12.1 Å². The van der Waals surface area contributed by atoms with E-state index in [0.717, 1.165) is 27.4 Å². The molecule has 3 aromatic rings. The van der Waals surface area contributed by atoms with E-state index in [1.807, 2.05) is 32.9 Å². The molecular weight excluding hydrogens is 375 g/mol. The predicted molar refractivity (Wildman–Crippen MR) is 112 cm³/mol. The van der Waals surface area contributed by atoms with Crippen molar-refractivity contribution in [2.24, 2.45) is 0 Å². The Balaban J connectivity index is 1.50. The van der Waals surface area contributed by atoms with E-state index in [-0.39, 0.29) is 11.7 Å². The smallest absolute Gasteiger partial charge is 0.226 e. The van der Waals surface area contributed by atoms with Gasteiger partial charge in [0.2, 0.25) is 5.91 Å². The quantitative estimate of drug-likeness (QED) is 0.522. The number of halogens is 1. The first kappa shape index (κ1) is 20.0. The highest BCUT2D eigenvalue weighted by molar-refractivity contribution is 7.16. The topological polar surface area (TPSA) is 51.2 Å². The minimum atomic E-state index is -0.284. The molecule has 0 bridgehead atoms. The largest absolute Gasteiger partial charge is 0.493 e. The second-order valence-corrected chi connectivity index (χ2v) is 7.90. The Bertz CT molecular complexity index is 967. The monoisotopic (exact) mass is 398 g/mol. The summed E-state index contributed by atoms with van der Waals surface area (Å²) < 4.78 is 18.9. The number of anilines is 1. The number of benzene rings is 2. The maximum absolute atomic E-state index is 13.1. The second-order valence-electron chi connectivity index (χ2n) is 6.70. The van der Waals surface area contributed by atoms with E-state index in [9.17, 15) is 9.18 Å². The van der Waals surface area contributed by atoms with Crippen LogP contribution in [0, 0.1) is 26.6 Å². The van der Waals surface area contributed by atoms with Crippen molar-refractivity contribution in [3.05, 3.63) is 64.3 Å². The summed E-state index contributed by atoms with van der Waals surface area (Å²) in [5.41, 5.74) is 3.88. The lowest BCUT2D eigenvalue weighted by Gasteiger charge is -2.09. The first-order valence-corrected chi connectivity index (χ1v) is 9.97. The van der Waals surface area contributed by atoms with Crippen molar-refractivity contribution < 1.29 is 13.9 Å². The fourth-order valence-electron chi connectivity index (χ4n) is 2.88. The number of carbonyl (C=O) groups excluding carboxylic acids is 1. The summed E-state index contributed by atoms with van der Waals surface area (Å²) in [6.07, 6.45) is 0.976. The summed E-state index contributed by atoms with van der Waals surface area (Å²) in [5.74, 6) is 0.474. The van der Waals surface area contributed by atoms with E-state index in [1.165, 1.54) is 29.0 Å². The van der Waals surface area contributed by atoms with Gasteiger partial charge in [-0.05, 0) is 63.1 Å². The molecule has 0 aliphatic heterocycles. The molecule has 4 nitrogen and oxygen atoms in total. The van der Waals surface area contributed by atoms with Crippen LogP contribution in [0.25, 0.3) is 11.3 Å². The van der Waals surface area contributed by atoms with E-state index in [0.29, 0.717) is 24.6 Å². The zero-order valence-corrected chi connectivity index (χ0v) is 17.0. The van der Waals surface area contributed by atoms with Crippen LogP contribution in [0.15, 0.2) is 42.5 Å². The Kier molecular flexibility index (Phi) is 6.41. The summed E-state index contributed by atoms with van der Waals surface area (Å²) in [6.45, 7) is 6.47. The molecule has 0 aliphatic rings. The molecule has 0 unspecified atom stereocenters. The molecule has 0 spiro atoms. The molecule has 1 amide bonds. The molecule has 1 heterocycles. The van der Waals surface area contributed by atoms with Crippen LogP contribution in [0.2, 0.25) is 0 Å². The summed E-state index contributed by atoms with van der Waals surface area (Å²) >= 11 is 1.41. The van der Waals surface area contributed by atoms with Crippen LogP contribution in [-0.4, -0.2) is 17.5 Å². The van der Waals surface area contributed by atoms with Gasteiger partial charge in [-0.1, -0.05) is 17.7 Å². The summed E-state index contributed by atoms with van der Waals surface area (Å²) in [5, 5.41) is 3.39. The number of ether oxygens (including phenoxy) is 1. The van der Waals surface area contributed by atoms with E-state index in [4.69, 9.17) is 4.74 Å². The van der Waals surface area contributed by atoms with E-state index in [2.05, 4.69) is 16.4 Å². The van der Waals surface area contributed by atoms with Gasteiger partial charge in [-0.2, -0.15) is 0 Å². The van der Waals surface area contributed by atoms with Gasteiger partial charge in [0, 0.05) is 16.9 Å². The zero-order chi connectivity index (χ0) is 20.1. The summed E-state index contributed by atoms with van der Waals surface area (Å²) in [4.78, 5) is 17.6. The molecular formula is C22H23FN2O2S. The average molecular weight is 399 g/mol. The van der Waals surface area contributed by atoms with E-state index >= 15 is 0 Å². The number of aromatic nitrogens is 1. The van der Waals surface area contributed by atoms with Gasteiger partial charge in [-0.3, -0.25) is 4.79 Å². The Morgan fingerprint density at radius 2 is 1.89 bits per heavy atom. The Hall–Kier alpha value is -2.73. The molecule has 0 atom stereocenters. The number of hydrogen-bond acceptors (Lipinski definition) is 4. The van der Waals surface area contributed by atoms with Crippen molar-refractivity contribution in [3.8, 4) is 17.0 Å². The molecule has 2 aromatic carbocycles. The lowest BCUT2D eigenvalue weighted by Crippen LogP contribution is -2.12. The standard InChI is InChI=1S/C22H23FN2O2S/c1-14-6-11-19(15(2)13-14)27-12-4-5-20(26)24-22-25-21(16(3)28-22)17-7-9-18(23)10-8-17/h6-11,13H,4-5,12H2,1-3H3,(H,24,25,26). The maximum Gasteiger partial charge on any atom is 0.226 e. The third kappa shape index (κ3) is 5.16. The molecule has 6 heteroatoms. The number of amides is 1. The number of carbonyl (C=O) groups is 1. The molecule has 1 aromatic heterocycles. The van der Waals surface area contributed by atoms with Crippen LogP contribution < -0.4 is 10.1 Å². The van der Waals surface area contributed by atoms with E-state index < -0.39 is 0 Å². The molecule has 1 N–H and O–H groups in total. The minimum Gasteiger partial charge on any atom is -0.493 e. The van der Waals surface area contributed by atoms with Crippen molar-refractivity contribution in [1.82, 2.24) is 4.98 Å². The Morgan fingerprint density at radius 3 is 2.61 bits per heavy atom. The fourth-order valence-corrected chi connectivity index (χ4v) is 3.74. The summed E-state index contributed by atoms with van der Waals surface area (Å²) in [7, 11) is 0. The van der Waals surface area contributed by atoms with Gasteiger partial charge in [-0.25, -0.2) is 9.37 Å². The van der Waals surface area contributed by atoms with Gasteiger partial charge in [-0.15, -0.1) is 11.3 Å². The molecule has 0 aliphatic carbocycles. The van der Waals surface area contributed by atoms with Crippen LogP contribution in [0.5, 0.6) is 5.75 Å². The van der Waals surface area contributed by atoms with Crippen molar-refractivity contribution in [2.75, 3.05) is 11.9 Å². The minimum absolute atomic E-state index is 0.0939. The first-order valence-electron chi connectivity index (χ1n) is 9.15. The van der Waals surface area contributed by atoms with Crippen LogP contribution in [0.4, 0.5) is 9.52 Å².